The number of benzene rings is 1. The number of hydrogen-bond acceptors (Lipinski definition) is 3. The molecule has 1 atom stereocenters. The van der Waals surface area contributed by atoms with Crippen LogP contribution in [0.2, 0.25) is 0 Å². The van der Waals surface area contributed by atoms with Crippen molar-refractivity contribution in [1.82, 2.24) is 4.90 Å². The Morgan fingerprint density at radius 1 is 1.35 bits per heavy atom. The van der Waals surface area contributed by atoms with E-state index in [0.717, 1.165) is 26.1 Å². The van der Waals surface area contributed by atoms with Crippen LogP contribution in [0, 0.1) is 0 Å². The van der Waals surface area contributed by atoms with Crippen molar-refractivity contribution in [2.75, 3.05) is 31.1 Å². The summed E-state index contributed by atoms with van der Waals surface area (Å²) in [4.78, 5) is 16.5. The number of carbonyl (C=O) groups excluding carboxylic acids is 1. The predicted molar refractivity (Wildman–Crippen MR) is 82.9 cm³/mol. The normalized spacial score (nSPS) is 15.1. The highest BCUT2D eigenvalue weighted by molar-refractivity contribution is 5.77. The Morgan fingerprint density at radius 3 is 2.70 bits per heavy atom. The molecular formula is C16H25N3O. The molecule has 1 heterocycles. The zero-order chi connectivity index (χ0) is 14.5. The van der Waals surface area contributed by atoms with Gasteiger partial charge in [0, 0.05) is 44.3 Å². The second-order valence-electron chi connectivity index (χ2n) is 5.23. The summed E-state index contributed by atoms with van der Waals surface area (Å²) in [6.07, 6.45) is 1.55. The summed E-state index contributed by atoms with van der Waals surface area (Å²) in [5, 5.41) is 0. The van der Waals surface area contributed by atoms with Gasteiger partial charge in [0.05, 0.1) is 0 Å². The van der Waals surface area contributed by atoms with Crippen LogP contribution in [0.4, 0.5) is 5.69 Å². The molecule has 1 aliphatic heterocycles. The summed E-state index contributed by atoms with van der Waals surface area (Å²) in [6, 6.07) is 8.52. The van der Waals surface area contributed by atoms with E-state index in [-0.39, 0.29) is 11.9 Å². The highest BCUT2D eigenvalue weighted by Crippen LogP contribution is 2.29. The third-order valence-electron chi connectivity index (χ3n) is 4.16. The van der Waals surface area contributed by atoms with Crippen molar-refractivity contribution in [3.05, 3.63) is 29.8 Å². The lowest BCUT2D eigenvalue weighted by Crippen LogP contribution is -2.44. The second kappa shape index (κ2) is 6.75. The number of nitrogens with zero attached hydrogens (tertiary/aromatic N) is 2. The molecule has 0 aliphatic carbocycles. The van der Waals surface area contributed by atoms with Gasteiger partial charge in [-0.05, 0) is 31.9 Å². The van der Waals surface area contributed by atoms with Gasteiger partial charge in [-0.25, -0.2) is 0 Å². The van der Waals surface area contributed by atoms with Crippen molar-refractivity contribution in [3.63, 3.8) is 0 Å². The van der Waals surface area contributed by atoms with Crippen molar-refractivity contribution >= 4 is 11.6 Å². The van der Waals surface area contributed by atoms with Crippen molar-refractivity contribution in [3.8, 4) is 0 Å². The van der Waals surface area contributed by atoms with Crippen molar-refractivity contribution in [2.45, 2.75) is 32.7 Å². The molecule has 0 saturated heterocycles. The molecular weight excluding hydrogens is 250 g/mol. The summed E-state index contributed by atoms with van der Waals surface area (Å²) in [6.45, 7) is 7.05. The fraction of sp³-hybridized carbons (Fsp3) is 0.562. The van der Waals surface area contributed by atoms with Crippen LogP contribution in [0.3, 0.4) is 0 Å². The minimum Gasteiger partial charge on any atom is -0.366 e. The van der Waals surface area contributed by atoms with E-state index in [1.165, 1.54) is 11.3 Å². The topological polar surface area (TPSA) is 49.6 Å². The summed E-state index contributed by atoms with van der Waals surface area (Å²) in [5.74, 6) is 0.204. The van der Waals surface area contributed by atoms with E-state index in [1.54, 1.807) is 0 Å². The zero-order valence-electron chi connectivity index (χ0n) is 12.5. The molecule has 0 fully saturated rings. The number of anilines is 1. The summed E-state index contributed by atoms with van der Waals surface area (Å²) < 4.78 is 0. The van der Waals surface area contributed by atoms with E-state index in [0.29, 0.717) is 13.0 Å². The number of rotatable bonds is 6. The lowest BCUT2D eigenvalue weighted by atomic mass is 10.1. The van der Waals surface area contributed by atoms with Crippen molar-refractivity contribution in [1.29, 1.82) is 0 Å². The SMILES string of the molecule is CCN(CC)C(=O)CC(CN)N1CCc2ccccc21. The number of carbonyl (C=O) groups is 1. The predicted octanol–water partition coefficient (Wildman–Crippen LogP) is 1.63. The van der Waals surface area contributed by atoms with Gasteiger partial charge in [-0.2, -0.15) is 0 Å². The molecule has 20 heavy (non-hydrogen) atoms. The average molecular weight is 275 g/mol. The first-order valence-electron chi connectivity index (χ1n) is 7.53. The lowest BCUT2D eigenvalue weighted by Gasteiger charge is -2.31. The van der Waals surface area contributed by atoms with Crippen LogP contribution in [0.5, 0.6) is 0 Å². The van der Waals surface area contributed by atoms with Gasteiger partial charge in [0.15, 0.2) is 0 Å². The highest BCUT2D eigenvalue weighted by Gasteiger charge is 2.27. The molecule has 0 saturated carbocycles. The van der Waals surface area contributed by atoms with E-state index in [2.05, 4.69) is 29.2 Å². The van der Waals surface area contributed by atoms with Gasteiger partial charge in [-0.15, -0.1) is 0 Å². The molecule has 1 unspecified atom stereocenters. The maximum Gasteiger partial charge on any atom is 0.224 e. The van der Waals surface area contributed by atoms with Crippen LogP contribution in [0.1, 0.15) is 25.8 Å². The van der Waals surface area contributed by atoms with Crippen LogP contribution < -0.4 is 10.6 Å². The Labute approximate surface area is 121 Å². The van der Waals surface area contributed by atoms with Gasteiger partial charge in [-0.1, -0.05) is 18.2 Å². The first kappa shape index (κ1) is 14.9. The largest absolute Gasteiger partial charge is 0.366 e. The highest BCUT2D eigenvalue weighted by atomic mass is 16.2. The molecule has 2 rings (SSSR count). The standard InChI is InChI=1S/C16H25N3O/c1-3-18(4-2)16(20)11-14(12-17)19-10-9-13-7-5-6-8-15(13)19/h5-8,14H,3-4,9-12,17H2,1-2H3. The van der Waals surface area contributed by atoms with Gasteiger partial charge < -0.3 is 15.5 Å². The first-order chi connectivity index (χ1) is 9.71. The second-order valence-corrected chi connectivity index (χ2v) is 5.23. The molecule has 110 valence electrons. The van der Waals surface area contributed by atoms with Gasteiger partial charge in [0.25, 0.3) is 0 Å². The zero-order valence-corrected chi connectivity index (χ0v) is 12.5. The smallest absolute Gasteiger partial charge is 0.224 e. The molecule has 1 aromatic carbocycles. The monoisotopic (exact) mass is 275 g/mol. The third-order valence-corrected chi connectivity index (χ3v) is 4.16. The van der Waals surface area contributed by atoms with Crippen LogP contribution >= 0.6 is 0 Å². The lowest BCUT2D eigenvalue weighted by molar-refractivity contribution is -0.131. The van der Waals surface area contributed by atoms with Crippen LogP contribution in [0.15, 0.2) is 24.3 Å². The maximum atomic E-state index is 12.3. The van der Waals surface area contributed by atoms with Crippen LogP contribution in [0.25, 0.3) is 0 Å². The Hall–Kier alpha value is -1.55. The van der Waals surface area contributed by atoms with Crippen LogP contribution in [-0.2, 0) is 11.2 Å². The molecule has 4 heteroatoms. The van der Waals surface area contributed by atoms with Gasteiger partial charge >= 0.3 is 0 Å². The molecule has 4 nitrogen and oxygen atoms in total. The summed E-state index contributed by atoms with van der Waals surface area (Å²) in [7, 11) is 0. The first-order valence-corrected chi connectivity index (χ1v) is 7.53. The molecule has 1 aromatic rings. The quantitative estimate of drug-likeness (QED) is 0.858. The van der Waals surface area contributed by atoms with E-state index < -0.39 is 0 Å². The Balaban J connectivity index is 2.08. The summed E-state index contributed by atoms with van der Waals surface area (Å²) in [5.41, 5.74) is 8.54. The maximum absolute atomic E-state index is 12.3. The fourth-order valence-corrected chi connectivity index (χ4v) is 2.97. The van der Waals surface area contributed by atoms with Gasteiger partial charge in [-0.3, -0.25) is 4.79 Å². The Kier molecular flexibility index (Phi) is 5.01. The molecule has 0 radical (unpaired) electrons. The van der Waals surface area contributed by atoms with E-state index in [9.17, 15) is 4.79 Å². The van der Waals surface area contributed by atoms with E-state index in [4.69, 9.17) is 5.73 Å². The number of nitrogens with two attached hydrogens (primary N) is 1. The molecule has 0 aromatic heterocycles. The summed E-state index contributed by atoms with van der Waals surface area (Å²) >= 11 is 0. The molecule has 0 spiro atoms. The molecule has 2 N–H and O–H groups in total. The number of para-hydroxylation sites is 1. The van der Waals surface area contributed by atoms with Gasteiger partial charge in [0.2, 0.25) is 5.91 Å². The van der Waals surface area contributed by atoms with Gasteiger partial charge in [0.1, 0.15) is 0 Å². The minimum atomic E-state index is 0.103. The van der Waals surface area contributed by atoms with E-state index >= 15 is 0 Å². The fourth-order valence-electron chi connectivity index (χ4n) is 2.97. The Bertz CT molecular complexity index is 457. The minimum absolute atomic E-state index is 0.103. The number of hydrogen-bond donors (Lipinski definition) is 1. The Morgan fingerprint density at radius 2 is 2.05 bits per heavy atom. The van der Waals surface area contributed by atoms with Crippen LogP contribution in [-0.4, -0.2) is 43.0 Å². The van der Waals surface area contributed by atoms with Crippen molar-refractivity contribution in [2.24, 2.45) is 5.73 Å². The molecule has 0 bridgehead atoms. The number of fused-ring (bicyclic) bond motifs is 1. The molecule has 1 amide bonds. The number of amides is 1. The van der Waals surface area contributed by atoms with E-state index in [1.807, 2.05) is 18.7 Å². The third kappa shape index (κ3) is 2.96. The van der Waals surface area contributed by atoms with Crippen molar-refractivity contribution < 1.29 is 4.79 Å². The molecule has 1 aliphatic rings. The average Bonchev–Trinajstić information content (AvgIpc) is 2.90.